The van der Waals surface area contributed by atoms with Gasteiger partial charge in [0.25, 0.3) is 0 Å². The lowest BCUT2D eigenvalue weighted by molar-refractivity contribution is -0.121. The van der Waals surface area contributed by atoms with E-state index in [2.05, 4.69) is 25.9 Å². The van der Waals surface area contributed by atoms with E-state index in [9.17, 15) is 4.79 Å². The van der Waals surface area contributed by atoms with E-state index in [4.69, 9.17) is 11.6 Å². The van der Waals surface area contributed by atoms with E-state index in [0.717, 1.165) is 5.56 Å². The van der Waals surface area contributed by atoms with E-state index in [1.165, 1.54) is 0 Å². The van der Waals surface area contributed by atoms with Crippen LogP contribution in [0, 0.1) is 0 Å². The fourth-order valence-corrected chi connectivity index (χ4v) is 1.51. The Morgan fingerprint density at radius 2 is 2.18 bits per heavy atom. The molecular weight excluding hydrogens is 242 g/mol. The molecule has 6 nitrogen and oxygen atoms in total. The SMILES string of the molecule is O=C(NCc1nn[nH]n1)C(Cl)c1ccccc1. The second-order valence-electron chi connectivity index (χ2n) is 3.32. The van der Waals surface area contributed by atoms with E-state index in [-0.39, 0.29) is 12.5 Å². The van der Waals surface area contributed by atoms with Gasteiger partial charge < -0.3 is 5.32 Å². The molecule has 2 N–H and O–H groups in total. The maximum atomic E-state index is 11.7. The highest BCUT2D eigenvalue weighted by Crippen LogP contribution is 2.19. The Morgan fingerprint density at radius 1 is 1.41 bits per heavy atom. The second kappa shape index (κ2) is 5.40. The maximum absolute atomic E-state index is 11.7. The molecule has 0 aliphatic rings. The lowest BCUT2D eigenvalue weighted by Crippen LogP contribution is -2.27. The maximum Gasteiger partial charge on any atom is 0.242 e. The summed E-state index contributed by atoms with van der Waals surface area (Å²) in [7, 11) is 0. The number of halogens is 1. The average Bonchev–Trinajstić information content (AvgIpc) is 2.89. The second-order valence-corrected chi connectivity index (χ2v) is 3.76. The Hall–Kier alpha value is -1.95. The molecule has 88 valence electrons. The number of alkyl halides is 1. The van der Waals surface area contributed by atoms with Gasteiger partial charge in [0.2, 0.25) is 5.91 Å². The first kappa shape index (κ1) is 11.5. The van der Waals surface area contributed by atoms with E-state index >= 15 is 0 Å². The fraction of sp³-hybridized carbons (Fsp3) is 0.200. The van der Waals surface area contributed by atoms with Gasteiger partial charge >= 0.3 is 0 Å². The molecule has 0 aliphatic carbocycles. The first-order valence-corrected chi connectivity index (χ1v) is 5.40. The normalized spacial score (nSPS) is 12.1. The van der Waals surface area contributed by atoms with Gasteiger partial charge in [-0.05, 0) is 5.56 Å². The van der Waals surface area contributed by atoms with Crippen molar-refractivity contribution in [3.8, 4) is 0 Å². The molecule has 0 fully saturated rings. The Balaban J connectivity index is 1.92. The van der Waals surface area contributed by atoms with E-state index in [1.807, 2.05) is 18.2 Å². The minimum absolute atomic E-state index is 0.200. The number of rotatable bonds is 4. The summed E-state index contributed by atoms with van der Waals surface area (Å²) in [6.07, 6.45) is 0. The van der Waals surface area contributed by atoms with Crippen molar-refractivity contribution in [2.75, 3.05) is 0 Å². The zero-order chi connectivity index (χ0) is 12.1. The van der Waals surface area contributed by atoms with Gasteiger partial charge in [-0.25, -0.2) is 0 Å². The third-order valence-corrected chi connectivity index (χ3v) is 2.58. The largest absolute Gasteiger partial charge is 0.347 e. The number of H-pyrrole nitrogens is 1. The summed E-state index contributed by atoms with van der Waals surface area (Å²) in [5.41, 5.74) is 0.750. The highest BCUT2D eigenvalue weighted by Gasteiger charge is 2.17. The van der Waals surface area contributed by atoms with Gasteiger partial charge in [0, 0.05) is 0 Å². The number of tetrazole rings is 1. The number of hydrogen-bond acceptors (Lipinski definition) is 4. The Morgan fingerprint density at radius 3 is 2.82 bits per heavy atom. The Bertz CT molecular complexity index is 473. The molecule has 2 rings (SSSR count). The van der Waals surface area contributed by atoms with Gasteiger partial charge in [-0.15, -0.1) is 21.8 Å². The smallest absolute Gasteiger partial charge is 0.242 e. The molecule has 0 aliphatic heterocycles. The molecule has 17 heavy (non-hydrogen) atoms. The molecule has 0 spiro atoms. The predicted octanol–water partition coefficient (Wildman–Crippen LogP) is 0.796. The van der Waals surface area contributed by atoms with Gasteiger partial charge in [-0.3, -0.25) is 4.79 Å². The molecule has 1 aromatic carbocycles. The van der Waals surface area contributed by atoms with Gasteiger partial charge in [0.05, 0.1) is 6.54 Å². The molecule has 1 amide bonds. The van der Waals surface area contributed by atoms with Crippen LogP contribution in [-0.2, 0) is 11.3 Å². The van der Waals surface area contributed by atoms with E-state index in [0.29, 0.717) is 5.82 Å². The number of carbonyl (C=O) groups is 1. The molecular formula is C10H10ClN5O. The van der Waals surface area contributed by atoms with Gasteiger partial charge in [-0.1, -0.05) is 35.5 Å². The Labute approximate surface area is 102 Å². The third-order valence-electron chi connectivity index (χ3n) is 2.13. The molecule has 1 unspecified atom stereocenters. The fourth-order valence-electron chi connectivity index (χ4n) is 1.29. The number of aromatic nitrogens is 4. The number of nitrogens with one attached hydrogen (secondary N) is 2. The van der Waals surface area contributed by atoms with Crippen molar-refractivity contribution >= 4 is 17.5 Å². The van der Waals surface area contributed by atoms with Crippen molar-refractivity contribution in [2.24, 2.45) is 0 Å². The number of amides is 1. The highest BCUT2D eigenvalue weighted by atomic mass is 35.5. The topological polar surface area (TPSA) is 83.6 Å². The first-order chi connectivity index (χ1) is 8.27. The number of nitrogens with zero attached hydrogens (tertiary/aromatic N) is 3. The predicted molar refractivity (Wildman–Crippen MR) is 61.1 cm³/mol. The van der Waals surface area contributed by atoms with Gasteiger partial charge in [0.15, 0.2) is 5.82 Å². The number of benzene rings is 1. The molecule has 0 saturated carbocycles. The summed E-state index contributed by atoms with van der Waals surface area (Å²) in [5.74, 6) is 0.123. The van der Waals surface area contributed by atoms with E-state index in [1.54, 1.807) is 12.1 Å². The summed E-state index contributed by atoms with van der Waals surface area (Å²) < 4.78 is 0. The molecule has 1 aromatic heterocycles. The van der Waals surface area contributed by atoms with Gasteiger partial charge in [-0.2, -0.15) is 5.21 Å². The van der Waals surface area contributed by atoms with Crippen LogP contribution in [0.2, 0.25) is 0 Å². The molecule has 7 heteroatoms. The van der Waals surface area contributed by atoms with Crippen molar-refractivity contribution in [1.29, 1.82) is 0 Å². The zero-order valence-electron chi connectivity index (χ0n) is 8.80. The summed E-state index contributed by atoms with van der Waals surface area (Å²) in [5, 5.41) is 15.0. The third kappa shape index (κ3) is 3.01. The summed E-state index contributed by atoms with van der Waals surface area (Å²) in [6, 6.07) is 9.12. The lowest BCUT2D eigenvalue weighted by atomic mass is 10.1. The lowest BCUT2D eigenvalue weighted by Gasteiger charge is -2.09. The number of carbonyl (C=O) groups excluding carboxylic acids is 1. The van der Waals surface area contributed by atoms with Crippen molar-refractivity contribution < 1.29 is 4.79 Å². The first-order valence-electron chi connectivity index (χ1n) is 4.96. The van der Waals surface area contributed by atoms with Crippen LogP contribution in [0.3, 0.4) is 0 Å². The van der Waals surface area contributed by atoms with Crippen molar-refractivity contribution in [3.05, 3.63) is 41.7 Å². The summed E-state index contributed by atoms with van der Waals surface area (Å²) in [6.45, 7) is 0.200. The van der Waals surface area contributed by atoms with Crippen LogP contribution >= 0.6 is 11.6 Å². The molecule has 0 bridgehead atoms. The van der Waals surface area contributed by atoms with Crippen molar-refractivity contribution in [1.82, 2.24) is 25.9 Å². The molecule has 0 radical (unpaired) electrons. The van der Waals surface area contributed by atoms with Crippen LogP contribution in [0.5, 0.6) is 0 Å². The van der Waals surface area contributed by atoms with Crippen LogP contribution in [0.4, 0.5) is 0 Å². The van der Waals surface area contributed by atoms with Crippen LogP contribution < -0.4 is 5.32 Å². The van der Waals surface area contributed by atoms with Crippen LogP contribution in [0.1, 0.15) is 16.8 Å². The van der Waals surface area contributed by atoms with Crippen molar-refractivity contribution in [2.45, 2.75) is 11.9 Å². The molecule has 0 saturated heterocycles. The van der Waals surface area contributed by atoms with E-state index < -0.39 is 5.38 Å². The molecule has 1 heterocycles. The zero-order valence-corrected chi connectivity index (χ0v) is 9.55. The highest BCUT2D eigenvalue weighted by molar-refractivity contribution is 6.30. The van der Waals surface area contributed by atoms with Crippen LogP contribution in [-0.4, -0.2) is 26.5 Å². The minimum atomic E-state index is -0.719. The standard InChI is InChI=1S/C10H10ClN5O/c11-9(7-4-2-1-3-5-7)10(17)12-6-8-13-15-16-14-8/h1-5,9H,6H2,(H,12,17)(H,13,14,15,16). The van der Waals surface area contributed by atoms with Crippen LogP contribution in [0.25, 0.3) is 0 Å². The summed E-state index contributed by atoms with van der Waals surface area (Å²) in [4.78, 5) is 11.7. The Kier molecular flexibility index (Phi) is 3.66. The minimum Gasteiger partial charge on any atom is -0.347 e. The average molecular weight is 252 g/mol. The molecule has 1 atom stereocenters. The number of aromatic amines is 1. The summed E-state index contributed by atoms with van der Waals surface area (Å²) >= 11 is 6.02. The quantitative estimate of drug-likeness (QED) is 0.787. The van der Waals surface area contributed by atoms with Crippen LogP contribution in [0.15, 0.2) is 30.3 Å². The number of hydrogen-bond donors (Lipinski definition) is 2. The monoisotopic (exact) mass is 251 g/mol. The molecule has 2 aromatic rings. The van der Waals surface area contributed by atoms with Crippen molar-refractivity contribution in [3.63, 3.8) is 0 Å². The van der Waals surface area contributed by atoms with Gasteiger partial charge in [0.1, 0.15) is 5.38 Å².